The molecule has 0 spiro atoms. The summed E-state index contributed by atoms with van der Waals surface area (Å²) in [6.07, 6.45) is 0. The third kappa shape index (κ3) is 3.73. The van der Waals surface area contributed by atoms with Crippen molar-refractivity contribution in [3.63, 3.8) is 0 Å². The Balaban J connectivity index is 2.19. The summed E-state index contributed by atoms with van der Waals surface area (Å²) >= 11 is 5.78. The second kappa shape index (κ2) is 6.43. The molecular formula is C14H9ClN4. The van der Waals surface area contributed by atoms with Crippen LogP contribution in [0.15, 0.2) is 70.0 Å². The van der Waals surface area contributed by atoms with Gasteiger partial charge in [0.25, 0.3) is 0 Å². The molecule has 2 aromatic rings. The molecule has 5 heteroatoms. The molecule has 0 aliphatic heterocycles. The van der Waals surface area contributed by atoms with Gasteiger partial charge >= 0.3 is 0 Å². The molecule has 0 amide bonds. The van der Waals surface area contributed by atoms with E-state index >= 15 is 0 Å². The number of hydrogen-bond acceptors (Lipinski definition) is 3. The summed E-state index contributed by atoms with van der Waals surface area (Å²) in [5.74, 6) is 0. The molecule has 0 saturated carbocycles. The fourth-order valence-electron chi connectivity index (χ4n) is 1.37. The van der Waals surface area contributed by atoms with Crippen molar-refractivity contribution in [3.8, 4) is 6.07 Å². The molecule has 0 aromatic heterocycles. The van der Waals surface area contributed by atoms with Crippen LogP contribution in [0.3, 0.4) is 0 Å². The van der Waals surface area contributed by atoms with Gasteiger partial charge in [-0.25, -0.2) is 0 Å². The van der Waals surface area contributed by atoms with Gasteiger partial charge in [0, 0.05) is 10.6 Å². The molecule has 19 heavy (non-hydrogen) atoms. The second-order valence-electron chi connectivity index (χ2n) is 3.59. The number of nitriles is 1. The van der Waals surface area contributed by atoms with E-state index in [0.717, 1.165) is 0 Å². The Hall–Kier alpha value is -2.51. The van der Waals surface area contributed by atoms with Gasteiger partial charge in [0.1, 0.15) is 6.07 Å². The molecule has 2 rings (SSSR count). The lowest BCUT2D eigenvalue weighted by atomic mass is 10.1. The van der Waals surface area contributed by atoms with Gasteiger partial charge in [0.15, 0.2) is 5.71 Å². The van der Waals surface area contributed by atoms with Crippen LogP contribution in [0.2, 0.25) is 5.02 Å². The quantitative estimate of drug-likeness (QED) is 0.464. The molecule has 0 unspecified atom stereocenters. The minimum Gasteiger partial charge on any atom is -0.191 e. The largest absolute Gasteiger partial charge is 0.191 e. The van der Waals surface area contributed by atoms with E-state index in [4.69, 9.17) is 16.9 Å². The fourth-order valence-corrected chi connectivity index (χ4v) is 1.49. The third-order valence-corrected chi connectivity index (χ3v) is 2.54. The molecule has 0 atom stereocenters. The Morgan fingerprint density at radius 1 is 1.00 bits per heavy atom. The van der Waals surface area contributed by atoms with Crippen LogP contribution in [-0.2, 0) is 0 Å². The highest BCUT2D eigenvalue weighted by atomic mass is 35.5. The van der Waals surface area contributed by atoms with Gasteiger partial charge in [-0.15, -0.1) is 10.2 Å². The first-order valence-corrected chi connectivity index (χ1v) is 5.87. The van der Waals surface area contributed by atoms with E-state index in [2.05, 4.69) is 15.4 Å². The highest BCUT2D eigenvalue weighted by Gasteiger charge is 2.01. The van der Waals surface area contributed by atoms with Gasteiger partial charge in [-0.3, -0.25) is 0 Å². The Kier molecular flexibility index (Phi) is 4.38. The van der Waals surface area contributed by atoms with Crippen LogP contribution in [-0.4, -0.2) is 5.71 Å². The summed E-state index contributed by atoms with van der Waals surface area (Å²) in [6, 6.07) is 18.0. The number of rotatable bonds is 3. The van der Waals surface area contributed by atoms with Crippen molar-refractivity contribution in [2.45, 2.75) is 0 Å². The maximum Gasteiger partial charge on any atom is 0.172 e. The topological polar surface area (TPSA) is 60.9 Å². The Labute approximate surface area is 115 Å². The summed E-state index contributed by atoms with van der Waals surface area (Å²) in [4.78, 5) is 0. The molecule has 2 aromatic carbocycles. The number of halogens is 1. The van der Waals surface area contributed by atoms with Crippen molar-refractivity contribution in [3.05, 3.63) is 65.2 Å². The maximum absolute atomic E-state index is 9.03. The summed E-state index contributed by atoms with van der Waals surface area (Å²) in [6.45, 7) is 0. The molecule has 0 bridgehead atoms. The first-order valence-electron chi connectivity index (χ1n) is 5.49. The lowest BCUT2D eigenvalue weighted by Gasteiger charge is -1.95. The fraction of sp³-hybridized carbons (Fsp3) is 0. The van der Waals surface area contributed by atoms with Crippen LogP contribution in [0.4, 0.5) is 5.69 Å². The van der Waals surface area contributed by atoms with Gasteiger partial charge in [-0.2, -0.15) is 5.26 Å². The number of benzene rings is 2. The molecule has 0 saturated heterocycles. The van der Waals surface area contributed by atoms with Gasteiger partial charge in [-0.1, -0.05) is 41.9 Å². The molecule has 4 nitrogen and oxygen atoms in total. The molecule has 0 aliphatic carbocycles. The average Bonchev–Trinajstić information content (AvgIpc) is 2.46. The normalized spacial score (nSPS) is 11.5. The lowest BCUT2D eigenvalue weighted by Crippen LogP contribution is -1.95. The van der Waals surface area contributed by atoms with E-state index in [1.807, 2.05) is 24.3 Å². The van der Waals surface area contributed by atoms with E-state index in [-0.39, 0.29) is 5.71 Å². The summed E-state index contributed by atoms with van der Waals surface area (Å²) in [7, 11) is 0. The number of hydrogen-bond donors (Lipinski definition) is 0. The zero-order chi connectivity index (χ0) is 13.5. The molecular weight excluding hydrogens is 260 g/mol. The zero-order valence-electron chi connectivity index (χ0n) is 9.86. The smallest absolute Gasteiger partial charge is 0.172 e. The highest BCUT2D eigenvalue weighted by Crippen LogP contribution is 2.12. The summed E-state index contributed by atoms with van der Waals surface area (Å²) < 4.78 is 0. The minimum atomic E-state index is 0.191. The van der Waals surface area contributed by atoms with Crippen molar-refractivity contribution in [1.82, 2.24) is 0 Å². The molecule has 0 aliphatic rings. The predicted octanol–water partition coefficient (Wildman–Crippen LogP) is 4.35. The van der Waals surface area contributed by atoms with E-state index < -0.39 is 0 Å². The van der Waals surface area contributed by atoms with Crippen molar-refractivity contribution in [2.75, 3.05) is 0 Å². The van der Waals surface area contributed by atoms with Crippen LogP contribution in [0.25, 0.3) is 0 Å². The Morgan fingerprint density at radius 2 is 1.68 bits per heavy atom. The molecule has 0 heterocycles. The molecule has 0 N–H and O–H groups in total. The van der Waals surface area contributed by atoms with Gasteiger partial charge in [0.2, 0.25) is 0 Å². The Bertz CT molecular complexity index is 639. The maximum atomic E-state index is 9.03. The first-order chi connectivity index (χ1) is 9.29. The van der Waals surface area contributed by atoms with Crippen molar-refractivity contribution < 1.29 is 0 Å². The van der Waals surface area contributed by atoms with E-state index in [1.54, 1.807) is 36.4 Å². The van der Waals surface area contributed by atoms with Crippen molar-refractivity contribution >= 4 is 23.0 Å². The van der Waals surface area contributed by atoms with Gasteiger partial charge in [0.05, 0.1) is 5.69 Å². The van der Waals surface area contributed by atoms with Crippen molar-refractivity contribution in [1.29, 1.82) is 5.26 Å². The average molecular weight is 269 g/mol. The van der Waals surface area contributed by atoms with Crippen LogP contribution in [0, 0.1) is 11.3 Å². The third-order valence-electron chi connectivity index (χ3n) is 2.28. The lowest BCUT2D eigenvalue weighted by molar-refractivity contribution is 1.06. The van der Waals surface area contributed by atoms with Crippen LogP contribution in [0.1, 0.15) is 5.56 Å². The summed E-state index contributed by atoms with van der Waals surface area (Å²) in [5.41, 5.74) is 1.52. The molecule has 0 radical (unpaired) electrons. The van der Waals surface area contributed by atoms with Crippen LogP contribution < -0.4 is 0 Å². The molecule has 92 valence electrons. The van der Waals surface area contributed by atoms with Gasteiger partial charge in [-0.05, 0) is 29.5 Å². The van der Waals surface area contributed by atoms with Crippen LogP contribution >= 0.6 is 11.6 Å². The minimum absolute atomic E-state index is 0.191. The predicted molar refractivity (Wildman–Crippen MR) is 74.6 cm³/mol. The van der Waals surface area contributed by atoms with Crippen molar-refractivity contribution in [2.24, 2.45) is 15.4 Å². The molecule has 0 fully saturated rings. The second-order valence-corrected chi connectivity index (χ2v) is 4.03. The van der Waals surface area contributed by atoms with Crippen LogP contribution in [0.5, 0.6) is 0 Å². The Morgan fingerprint density at radius 3 is 2.32 bits per heavy atom. The first kappa shape index (κ1) is 12.9. The number of nitrogens with zero attached hydrogens (tertiary/aromatic N) is 4. The SMILES string of the molecule is N#C/C(=N\N=Nc1ccccc1)c1ccc(Cl)cc1. The highest BCUT2D eigenvalue weighted by molar-refractivity contribution is 6.30. The summed E-state index contributed by atoms with van der Waals surface area (Å²) in [5, 5.41) is 21.0. The van der Waals surface area contributed by atoms with Gasteiger partial charge < -0.3 is 0 Å². The standard InChI is InChI=1S/C14H9ClN4/c15-12-8-6-11(7-9-12)14(10-16)18-19-17-13-4-2-1-3-5-13/h1-9H/b18-14+,19-17?. The van der Waals surface area contributed by atoms with E-state index in [0.29, 0.717) is 16.3 Å². The monoisotopic (exact) mass is 268 g/mol. The van der Waals surface area contributed by atoms with E-state index in [9.17, 15) is 0 Å². The van der Waals surface area contributed by atoms with E-state index in [1.165, 1.54) is 0 Å². The zero-order valence-corrected chi connectivity index (χ0v) is 10.6.